The number of piperidine rings is 4. The van der Waals surface area contributed by atoms with E-state index in [2.05, 4.69) is 9.80 Å². The van der Waals surface area contributed by atoms with Crippen LogP contribution in [0.1, 0.15) is 44.1 Å². The first-order valence-electron chi connectivity index (χ1n) is 12.0. The zero-order chi connectivity index (χ0) is 21.4. The number of fused-ring (bicyclic) bond motifs is 4. The lowest BCUT2D eigenvalue weighted by atomic mass is 9.75. The van der Waals surface area contributed by atoms with E-state index in [-0.39, 0.29) is 5.91 Å². The number of hydrogen-bond donors (Lipinski definition) is 0. The molecular formula is C25H35N3O3. The van der Waals surface area contributed by atoms with Crippen LogP contribution in [0.5, 0.6) is 5.75 Å². The maximum atomic E-state index is 12.8. The Morgan fingerprint density at radius 1 is 1.13 bits per heavy atom. The van der Waals surface area contributed by atoms with Gasteiger partial charge in [-0.25, -0.2) is 0 Å². The molecule has 0 radical (unpaired) electrons. The molecule has 0 aliphatic carbocycles. The Hall–Kier alpha value is -2.08. The number of ether oxygens (including phenoxy) is 1. The normalized spacial score (nSPS) is 29.6. The van der Waals surface area contributed by atoms with Gasteiger partial charge in [-0.15, -0.1) is 0 Å². The molecule has 0 spiro atoms. The van der Waals surface area contributed by atoms with Gasteiger partial charge < -0.3 is 14.5 Å². The molecule has 4 aliphatic rings. The molecule has 6 nitrogen and oxygen atoms in total. The molecule has 1 aromatic rings. The fourth-order valence-corrected chi connectivity index (χ4v) is 6.50. The minimum atomic E-state index is 0.221. The van der Waals surface area contributed by atoms with Crippen LogP contribution in [0.15, 0.2) is 24.3 Å². The van der Waals surface area contributed by atoms with Crippen molar-refractivity contribution in [3.05, 3.63) is 29.8 Å². The van der Waals surface area contributed by atoms with Crippen molar-refractivity contribution in [2.24, 2.45) is 11.8 Å². The second-order valence-corrected chi connectivity index (χ2v) is 9.96. The van der Waals surface area contributed by atoms with Crippen molar-refractivity contribution >= 4 is 11.8 Å². The van der Waals surface area contributed by atoms with Gasteiger partial charge in [0.25, 0.3) is 0 Å². The highest BCUT2D eigenvalue weighted by molar-refractivity contribution is 5.79. The number of benzene rings is 1. The van der Waals surface area contributed by atoms with Crippen molar-refractivity contribution in [1.29, 1.82) is 0 Å². The third-order valence-corrected chi connectivity index (χ3v) is 8.03. The maximum Gasteiger partial charge on any atom is 0.226 e. The molecule has 4 saturated heterocycles. The third kappa shape index (κ3) is 4.32. The molecule has 3 atom stereocenters. The highest BCUT2D eigenvalue weighted by Gasteiger charge is 2.45. The number of amides is 2. The van der Waals surface area contributed by atoms with Crippen LogP contribution in [0.4, 0.5) is 0 Å². The molecule has 31 heavy (non-hydrogen) atoms. The summed E-state index contributed by atoms with van der Waals surface area (Å²) in [6.45, 7) is 4.93. The Kier molecular flexibility index (Phi) is 5.91. The van der Waals surface area contributed by atoms with Crippen molar-refractivity contribution in [3.8, 4) is 5.75 Å². The average Bonchev–Trinajstić information content (AvgIpc) is 2.80. The van der Waals surface area contributed by atoms with Gasteiger partial charge in [-0.2, -0.15) is 0 Å². The van der Waals surface area contributed by atoms with E-state index >= 15 is 0 Å². The van der Waals surface area contributed by atoms with Crippen LogP contribution in [0.25, 0.3) is 0 Å². The van der Waals surface area contributed by atoms with Crippen molar-refractivity contribution < 1.29 is 14.3 Å². The number of nitrogens with zero attached hydrogens (tertiary/aromatic N) is 3. The fraction of sp³-hybridized carbons (Fsp3) is 0.680. The Morgan fingerprint density at radius 3 is 2.77 bits per heavy atom. The van der Waals surface area contributed by atoms with Gasteiger partial charge in [0, 0.05) is 51.2 Å². The number of likely N-dealkylation sites (tertiary alicyclic amines) is 2. The van der Waals surface area contributed by atoms with E-state index in [4.69, 9.17) is 4.74 Å². The summed E-state index contributed by atoms with van der Waals surface area (Å²) in [6, 6.07) is 8.87. The summed E-state index contributed by atoms with van der Waals surface area (Å²) in [5.41, 5.74) is 1.02. The molecule has 4 fully saturated rings. The summed E-state index contributed by atoms with van der Waals surface area (Å²) in [5, 5.41) is 0. The maximum absolute atomic E-state index is 12.8. The first-order chi connectivity index (χ1) is 15.1. The van der Waals surface area contributed by atoms with E-state index < -0.39 is 0 Å². The Balaban J connectivity index is 1.15. The topological polar surface area (TPSA) is 53.1 Å². The Bertz CT molecular complexity index is 820. The molecule has 0 aromatic heterocycles. The lowest BCUT2D eigenvalue weighted by Crippen LogP contribution is -2.62. The molecule has 6 heteroatoms. The predicted octanol–water partition coefficient (Wildman–Crippen LogP) is 2.56. The van der Waals surface area contributed by atoms with Gasteiger partial charge in [-0.05, 0) is 61.6 Å². The van der Waals surface area contributed by atoms with Crippen LogP contribution < -0.4 is 4.74 Å². The molecule has 2 amide bonds. The van der Waals surface area contributed by atoms with Crippen LogP contribution in [-0.4, -0.2) is 78.4 Å². The van der Waals surface area contributed by atoms with Crippen molar-refractivity contribution in [2.75, 3.05) is 39.8 Å². The van der Waals surface area contributed by atoms with Gasteiger partial charge >= 0.3 is 0 Å². The van der Waals surface area contributed by atoms with E-state index in [1.807, 2.05) is 29.2 Å². The summed E-state index contributed by atoms with van der Waals surface area (Å²) >= 11 is 0. The number of carbonyl (C=O) groups is 2. The molecule has 0 N–H and O–H groups in total. The van der Waals surface area contributed by atoms with E-state index in [9.17, 15) is 9.59 Å². The Morgan fingerprint density at radius 2 is 1.97 bits per heavy atom. The summed E-state index contributed by atoms with van der Waals surface area (Å²) in [4.78, 5) is 32.2. The van der Waals surface area contributed by atoms with Crippen LogP contribution in [-0.2, 0) is 16.0 Å². The van der Waals surface area contributed by atoms with E-state index in [0.29, 0.717) is 36.2 Å². The standard InChI is InChI=1S/C25H35N3O3/c1-31-22-5-2-4-18(13-22)14-25(30)26-10-8-21(9-11-26)27-15-19-12-20(17-27)23-6-3-7-24(29)28(23)16-19/h2,4-5,13,19-21,23H,3,6-12,14-17H2,1H3/t19-,20-,23-/m1/s1. The first-order valence-corrected chi connectivity index (χ1v) is 12.0. The number of methoxy groups -OCH3 is 1. The van der Waals surface area contributed by atoms with E-state index in [1.54, 1.807) is 7.11 Å². The number of rotatable bonds is 4. The Labute approximate surface area is 185 Å². The van der Waals surface area contributed by atoms with Crippen LogP contribution in [0, 0.1) is 11.8 Å². The van der Waals surface area contributed by atoms with Gasteiger partial charge in [-0.3, -0.25) is 14.5 Å². The second-order valence-electron chi connectivity index (χ2n) is 9.96. The number of carbonyl (C=O) groups excluding carboxylic acids is 2. The molecule has 0 unspecified atom stereocenters. The smallest absolute Gasteiger partial charge is 0.226 e. The SMILES string of the molecule is COc1cccc(CC(=O)N2CCC(N3C[C@H]4C[C@H](C3)[C@H]3CCCC(=O)N3C4)CC2)c1. The van der Waals surface area contributed by atoms with Gasteiger partial charge in [0.05, 0.1) is 13.5 Å². The van der Waals surface area contributed by atoms with Crippen LogP contribution in [0.3, 0.4) is 0 Å². The molecule has 0 saturated carbocycles. The van der Waals surface area contributed by atoms with Gasteiger partial charge in [0.1, 0.15) is 5.75 Å². The largest absolute Gasteiger partial charge is 0.497 e. The van der Waals surface area contributed by atoms with Crippen molar-refractivity contribution in [1.82, 2.24) is 14.7 Å². The minimum Gasteiger partial charge on any atom is -0.497 e. The molecule has 5 rings (SSSR count). The molecule has 2 bridgehead atoms. The van der Waals surface area contributed by atoms with E-state index in [1.165, 1.54) is 12.8 Å². The third-order valence-electron chi connectivity index (χ3n) is 8.03. The zero-order valence-electron chi connectivity index (χ0n) is 18.7. The molecule has 168 valence electrons. The van der Waals surface area contributed by atoms with Crippen LogP contribution >= 0.6 is 0 Å². The monoisotopic (exact) mass is 425 g/mol. The van der Waals surface area contributed by atoms with E-state index in [0.717, 1.165) is 69.7 Å². The van der Waals surface area contributed by atoms with Gasteiger partial charge in [-0.1, -0.05) is 12.1 Å². The highest BCUT2D eigenvalue weighted by atomic mass is 16.5. The lowest BCUT2D eigenvalue weighted by Gasteiger charge is -2.54. The molecular weight excluding hydrogens is 390 g/mol. The zero-order valence-corrected chi connectivity index (χ0v) is 18.7. The van der Waals surface area contributed by atoms with Crippen LogP contribution in [0.2, 0.25) is 0 Å². The lowest BCUT2D eigenvalue weighted by molar-refractivity contribution is -0.146. The van der Waals surface area contributed by atoms with Gasteiger partial charge in [0.15, 0.2) is 0 Å². The second kappa shape index (κ2) is 8.81. The molecule has 1 aromatic carbocycles. The average molecular weight is 426 g/mol. The van der Waals surface area contributed by atoms with Crippen molar-refractivity contribution in [3.63, 3.8) is 0 Å². The molecule has 4 aliphatic heterocycles. The minimum absolute atomic E-state index is 0.221. The quantitative estimate of drug-likeness (QED) is 0.744. The summed E-state index contributed by atoms with van der Waals surface area (Å²) in [5.74, 6) is 2.69. The predicted molar refractivity (Wildman–Crippen MR) is 119 cm³/mol. The van der Waals surface area contributed by atoms with Crippen molar-refractivity contribution in [2.45, 2.75) is 57.0 Å². The summed E-state index contributed by atoms with van der Waals surface area (Å²) in [6.07, 6.45) is 6.88. The number of hydrogen-bond acceptors (Lipinski definition) is 4. The van der Waals surface area contributed by atoms with Gasteiger partial charge in [0.2, 0.25) is 11.8 Å². The molecule has 4 heterocycles. The summed E-state index contributed by atoms with van der Waals surface area (Å²) in [7, 11) is 1.66. The highest BCUT2D eigenvalue weighted by Crippen LogP contribution is 2.39. The fourth-order valence-electron chi connectivity index (χ4n) is 6.50. The first kappa shape index (κ1) is 20.8. The summed E-state index contributed by atoms with van der Waals surface area (Å²) < 4.78 is 5.28.